The fraction of sp³-hybridized carbons (Fsp3) is 0.625. The van der Waals surface area contributed by atoms with E-state index in [2.05, 4.69) is 10.7 Å². The maximum absolute atomic E-state index is 11.0. The highest BCUT2D eigenvalue weighted by Gasteiger charge is 2.33. The zero-order chi connectivity index (χ0) is 9.61. The highest BCUT2D eigenvalue weighted by molar-refractivity contribution is 5.76. The van der Waals surface area contributed by atoms with E-state index in [-0.39, 0.29) is 6.61 Å². The predicted octanol–water partition coefficient (Wildman–Crippen LogP) is -0.846. The van der Waals surface area contributed by atoms with Crippen molar-refractivity contribution in [2.24, 2.45) is 5.41 Å². The number of carbonyl (C=O) groups excluding carboxylic acids is 1. The first-order valence-corrected chi connectivity index (χ1v) is 3.43. The SMILES string of the molecule is C#CCOC(=O)C(C)(CO)CO. The molecule has 0 heterocycles. The maximum Gasteiger partial charge on any atom is 0.317 e. The average molecular weight is 172 g/mol. The van der Waals surface area contributed by atoms with E-state index in [0.29, 0.717) is 0 Å². The summed E-state index contributed by atoms with van der Waals surface area (Å²) in [7, 11) is 0. The average Bonchev–Trinajstić information content (AvgIpc) is 2.12. The van der Waals surface area contributed by atoms with Crippen molar-refractivity contribution in [2.75, 3.05) is 19.8 Å². The van der Waals surface area contributed by atoms with Crippen LogP contribution in [0.3, 0.4) is 0 Å². The third kappa shape index (κ3) is 2.53. The van der Waals surface area contributed by atoms with E-state index < -0.39 is 24.6 Å². The van der Waals surface area contributed by atoms with Crippen LogP contribution in [0.5, 0.6) is 0 Å². The molecule has 12 heavy (non-hydrogen) atoms. The van der Waals surface area contributed by atoms with Crippen molar-refractivity contribution in [3.63, 3.8) is 0 Å². The first-order valence-electron chi connectivity index (χ1n) is 3.43. The van der Waals surface area contributed by atoms with Gasteiger partial charge in [0.1, 0.15) is 5.41 Å². The molecule has 4 nitrogen and oxygen atoms in total. The van der Waals surface area contributed by atoms with E-state index in [1.54, 1.807) is 0 Å². The number of hydrogen-bond donors (Lipinski definition) is 2. The molecule has 68 valence electrons. The molecule has 4 heteroatoms. The van der Waals surface area contributed by atoms with Crippen LogP contribution in [0.2, 0.25) is 0 Å². The summed E-state index contributed by atoms with van der Waals surface area (Å²) in [5.74, 6) is 1.42. The van der Waals surface area contributed by atoms with E-state index in [1.807, 2.05) is 0 Å². The van der Waals surface area contributed by atoms with E-state index in [9.17, 15) is 4.79 Å². The van der Waals surface area contributed by atoms with Gasteiger partial charge in [-0.25, -0.2) is 0 Å². The van der Waals surface area contributed by atoms with E-state index in [1.165, 1.54) is 6.92 Å². The van der Waals surface area contributed by atoms with Crippen LogP contribution in [0.1, 0.15) is 6.92 Å². The number of esters is 1. The molecule has 0 aromatic rings. The monoisotopic (exact) mass is 172 g/mol. The standard InChI is InChI=1S/C8H12O4/c1-3-4-12-7(11)8(2,5-9)6-10/h1,9-10H,4-6H2,2H3. The third-order valence-corrected chi connectivity index (χ3v) is 1.48. The van der Waals surface area contributed by atoms with Gasteiger partial charge in [-0.3, -0.25) is 4.79 Å². The third-order valence-electron chi connectivity index (χ3n) is 1.48. The van der Waals surface area contributed by atoms with Crippen LogP contribution in [0, 0.1) is 17.8 Å². The largest absolute Gasteiger partial charge is 0.452 e. The van der Waals surface area contributed by atoms with Gasteiger partial charge in [0.2, 0.25) is 0 Å². The molecule has 0 unspecified atom stereocenters. The van der Waals surface area contributed by atoms with Gasteiger partial charge in [-0.2, -0.15) is 0 Å². The molecule has 0 aliphatic carbocycles. The first-order chi connectivity index (χ1) is 5.60. The van der Waals surface area contributed by atoms with Crippen molar-refractivity contribution in [1.82, 2.24) is 0 Å². The van der Waals surface area contributed by atoms with Crippen LogP contribution < -0.4 is 0 Å². The minimum atomic E-state index is -1.25. The van der Waals surface area contributed by atoms with E-state index in [4.69, 9.17) is 16.6 Å². The molecule has 0 aromatic heterocycles. The lowest BCUT2D eigenvalue weighted by molar-refractivity contribution is -0.158. The van der Waals surface area contributed by atoms with Crippen LogP contribution in [0.15, 0.2) is 0 Å². The molecular formula is C8H12O4. The number of ether oxygens (including phenoxy) is 1. The van der Waals surface area contributed by atoms with Gasteiger partial charge in [0, 0.05) is 0 Å². The van der Waals surface area contributed by atoms with Gasteiger partial charge in [0.05, 0.1) is 13.2 Å². The molecule has 0 atom stereocenters. The van der Waals surface area contributed by atoms with Crippen molar-refractivity contribution in [3.05, 3.63) is 0 Å². The Balaban J connectivity index is 4.14. The highest BCUT2D eigenvalue weighted by atomic mass is 16.5. The fourth-order valence-electron chi connectivity index (χ4n) is 0.461. The molecule has 0 fully saturated rings. The molecule has 0 aliphatic rings. The molecule has 0 rings (SSSR count). The minimum Gasteiger partial charge on any atom is -0.452 e. The zero-order valence-corrected chi connectivity index (χ0v) is 6.91. The summed E-state index contributed by atoms with van der Waals surface area (Å²) in [6.07, 6.45) is 4.85. The Hall–Kier alpha value is -1.05. The Labute approximate surface area is 71.2 Å². The molecule has 0 amide bonds. The quantitative estimate of drug-likeness (QED) is 0.428. The van der Waals surface area contributed by atoms with Crippen LogP contribution >= 0.6 is 0 Å². The predicted molar refractivity (Wildman–Crippen MR) is 42.1 cm³/mol. The Bertz CT molecular complexity index is 188. The van der Waals surface area contributed by atoms with Gasteiger partial charge in [-0.15, -0.1) is 6.42 Å². The first kappa shape index (κ1) is 11.0. The second-order valence-electron chi connectivity index (χ2n) is 2.66. The zero-order valence-electron chi connectivity index (χ0n) is 6.91. The number of terminal acetylenes is 1. The number of carbonyl (C=O) groups is 1. The lowest BCUT2D eigenvalue weighted by Gasteiger charge is -2.21. The molecule has 0 saturated heterocycles. The van der Waals surface area contributed by atoms with Crippen LogP contribution in [-0.4, -0.2) is 36.0 Å². The smallest absolute Gasteiger partial charge is 0.317 e. The molecule has 0 spiro atoms. The van der Waals surface area contributed by atoms with Crippen molar-refractivity contribution in [2.45, 2.75) is 6.92 Å². The molecule has 2 N–H and O–H groups in total. The second-order valence-corrected chi connectivity index (χ2v) is 2.66. The number of hydrogen-bond acceptors (Lipinski definition) is 4. The molecule has 0 radical (unpaired) electrons. The summed E-state index contributed by atoms with van der Waals surface area (Å²) in [6, 6.07) is 0. The van der Waals surface area contributed by atoms with Crippen molar-refractivity contribution in [1.29, 1.82) is 0 Å². The highest BCUT2D eigenvalue weighted by Crippen LogP contribution is 2.15. The molecule has 0 saturated carbocycles. The number of rotatable bonds is 4. The molecular weight excluding hydrogens is 160 g/mol. The van der Waals surface area contributed by atoms with Gasteiger partial charge in [-0.05, 0) is 6.92 Å². The summed E-state index contributed by atoms with van der Waals surface area (Å²) < 4.78 is 4.54. The van der Waals surface area contributed by atoms with E-state index in [0.717, 1.165) is 0 Å². The Morgan fingerprint density at radius 2 is 2.08 bits per heavy atom. The molecule has 0 aliphatic heterocycles. The second kappa shape index (κ2) is 4.75. The summed E-state index contributed by atoms with van der Waals surface area (Å²) in [4.78, 5) is 11.0. The lowest BCUT2D eigenvalue weighted by atomic mass is 9.93. The Morgan fingerprint density at radius 3 is 2.42 bits per heavy atom. The number of aliphatic hydroxyl groups is 2. The Morgan fingerprint density at radius 1 is 1.58 bits per heavy atom. The summed E-state index contributed by atoms with van der Waals surface area (Å²) >= 11 is 0. The summed E-state index contributed by atoms with van der Waals surface area (Å²) in [5.41, 5.74) is -1.25. The summed E-state index contributed by atoms with van der Waals surface area (Å²) in [5, 5.41) is 17.5. The fourth-order valence-corrected chi connectivity index (χ4v) is 0.461. The molecule has 0 bridgehead atoms. The van der Waals surface area contributed by atoms with Gasteiger partial charge >= 0.3 is 5.97 Å². The topological polar surface area (TPSA) is 66.8 Å². The van der Waals surface area contributed by atoms with Crippen LogP contribution in [-0.2, 0) is 9.53 Å². The van der Waals surface area contributed by atoms with Crippen LogP contribution in [0.25, 0.3) is 0 Å². The minimum absolute atomic E-state index is 0.144. The summed E-state index contributed by atoms with van der Waals surface area (Å²) in [6.45, 7) is 0.320. The molecule has 0 aromatic carbocycles. The van der Waals surface area contributed by atoms with Crippen molar-refractivity contribution >= 4 is 5.97 Å². The maximum atomic E-state index is 11.0. The lowest BCUT2D eigenvalue weighted by Crippen LogP contribution is -2.37. The number of aliphatic hydroxyl groups excluding tert-OH is 2. The normalized spacial score (nSPS) is 10.5. The van der Waals surface area contributed by atoms with Crippen molar-refractivity contribution in [3.8, 4) is 12.3 Å². The van der Waals surface area contributed by atoms with E-state index >= 15 is 0 Å². The van der Waals surface area contributed by atoms with Crippen LogP contribution in [0.4, 0.5) is 0 Å². The van der Waals surface area contributed by atoms with Gasteiger partial charge < -0.3 is 14.9 Å². The Kier molecular flexibility index (Phi) is 4.34. The van der Waals surface area contributed by atoms with Gasteiger partial charge in [-0.1, -0.05) is 5.92 Å². The van der Waals surface area contributed by atoms with Crippen molar-refractivity contribution < 1.29 is 19.7 Å². The van der Waals surface area contributed by atoms with Gasteiger partial charge in [0.15, 0.2) is 6.61 Å². The van der Waals surface area contributed by atoms with Gasteiger partial charge in [0.25, 0.3) is 0 Å².